The van der Waals surface area contributed by atoms with E-state index in [1.165, 1.54) is 17.0 Å². The molecular formula is C19H25F3N4O3S. The molecule has 1 aliphatic carbocycles. The molecule has 0 radical (unpaired) electrons. The molecule has 0 bridgehead atoms. The second kappa shape index (κ2) is 8.93. The van der Waals surface area contributed by atoms with E-state index in [0.717, 1.165) is 25.0 Å². The minimum atomic E-state index is -4.34. The van der Waals surface area contributed by atoms with Crippen LogP contribution in [0.5, 0.6) is 5.75 Å². The maximum absolute atomic E-state index is 14.4. The molecule has 1 aromatic carbocycles. The predicted molar refractivity (Wildman–Crippen MR) is 104 cm³/mol. The summed E-state index contributed by atoms with van der Waals surface area (Å²) in [5.41, 5.74) is 0. The van der Waals surface area contributed by atoms with E-state index in [4.69, 9.17) is 4.74 Å². The predicted octanol–water partition coefficient (Wildman–Crippen LogP) is 3.61. The smallest absolute Gasteiger partial charge is 0.251 e. The number of hydrogen-bond donors (Lipinski definition) is 1. The topological polar surface area (TPSA) is 86.1 Å². The number of ether oxygens (including phenoxy) is 1. The minimum Gasteiger partial charge on any atom is -0.493 e. The number of halogens is 3. The van der Waals surface area contributed by atoms with Crippen LogP contribution in [-0.4, -0.2) is 41.8 Å². The van der Waals surface area contributed by atoms with Crippen LogP contribution in [0.1, 0.15) is 50.9 Å². The monoisotopic (exact) mass is 446 g/mol. The minimum absolute atomic E-state index is 0.119. The number of alkyl halides is 2. The molecule has 7 nitrogen and oxygen atoms in total. The summed E-state index contributed by atoms with van der Waals surface area (Å²) >= 11 is 0. The third-order valence-electron chi connectivity index (χ3n) is 5.06. The van der Waals surface area contributed by atoms with Gasteiger partial charge in [-0.15, -0.1) is 10.2 Å². The van der Waals surface area contributed by atoms with E-state index >= 15 is 0 Å². The van der Waals surface area contributed by atoms with E-state index in [9.17, 15) is 21.6 Å². The quantitative estimate of drug-likeness (QED) is 0.626. The fourth-order valence-electron chi connectivity index (χ4n) is 3.65. The number of benzene rings is 1. The molecule has 0 amide bonds. The average molecular weight is 446 g/mol. The number of sulfonamides is 1. The first kappa shape index (κ1) is 22.5. The third kappa shape index (κ3) is 5.31. The van der Waals surface area contributed by atoms with Gasteiger partial charge in [0.25, 0.3) is 5.92 Å². The highest BCUT2D eigenvalue weighted by Crippen LogP contribution is 2.40. The molecule has 1 saturated carbocycles. The van der Waals surface area contributed by atoms with Crippen molar-refractivity contribution in [3.05, 3.63) is 36.2 Å². The highest BCUT2D eigenvalue weighted by atomic mass is 32.2. The fourth-order valence-corrected chi connectivity index (χ4v) is 4.96. The third-order valence-corrected chi connectivity index (χ3v) is 6.62. The van der Waals surface area contributed by atoms with Gasteiger partial charge in [-0.05, 0) is 31.9 Å². The van der Waals surface area contributed by atoms with E-state index < -0.39 is 51.6 Å². The molecule has 0 unspecified atom stereocenters. The van der Waals surface area contributed by atoms with E-state index in [0.29, 0.717) is 12.4 Å². The zero-order valence-electron chi connectivity index (χ0n) is 16.8. The Bertz CT molecular complexity index is 981. The van der Waals surface area contributed by atoms with E-state index in [1.807, 2.05) is 6.92 Å². The van der Waals surface area contributed by atoms with Crippen LogP contribution in [0.2, 0.25) is 0 Å². The molecular weight excluding hydrogens is 421 g/mol. The van der Waals surface area contributed by atoms with Gasteiger partial charge in [0, 0.05) is 31.0 Å². The van der Waals surface area contributed by atoms with Crippen molar-refractivity contribution in [1.29, 1.82) is 0 Å². The van der Waals surface area contributed by atoms with E-state index in [-0.39, 0.29) is 12.2 Å². The van der Waals surface area contributed by atoms with Crippen molar-refractivity contribution < 1.29 is 26.3 Å². The van der Waals surface area contributed by atoms with Crippen molar-refractivity contribution in [3.63, 3.8) is 0 Å². The molecule has 0 spiro atoms. The summed E-state index contributed by atoms with van der Waals surface area (Å²) in [6.45, 7) is 4.01. The first-order valence-corrected chi connectivity index (χ1v) is 11.3. The number of unbranched alkanes of at least 4 members (excludes halogenated alkanes) is 1. The summed E-state index contributed by atoms with van der Waals surface area (Å²) < 4.78 is 77.6. The van der Waals surface area contributed by atoms with Gasteiger partial charge in [0.1, 0.15) is 28.6 Å². The highest BCUT2D eigenvalue weighted by molar-refractivity contribution is 7.89. The molecule has 0 saturated heterocycles. The van der Waals surface area contributed by atoms with Gasteiger partial charge >= 0.3 is 0 Å². The van der Waals surface area contributed by atoms with Crippen LogP contribution >= 0.6 is 0 Å². The van der Waals surface area contributed by atoms with Gasteiger partial charge in [0.15, 0.2) is 0 Å². The van der Waals surface area contributed by atoms with Gasteiger partial charge in [-0.2, -0.15) is 0 Å². The summed E-state index contributed by atoms with van der Waals surface area (Å²) in [7, 11) is -4.34. The van der Waals surface area contributed by atoms with Crippen molar-refractivity contribution in [2.24, 2.45) is 0 Å². The largest absolute Gasteiger partial charge is 0.493 e. The van der Waals surface area contributed by atoms with E-state index in [2.05, 4.69) is 14.9 Å². The number of nitrogens with one attached hydrogen (secondary N) is 1. The summed E-state index contributed by atoms with van der Waals surface area (Å²) in [4.78, 5) is -0.601. The summed E-state index contributed by atoms with van der Waals surface area (Å²) in [6, 6.07) is 1.69. The molecule has 166 valence electrons. The number of aromatic nitrogens is 3. The molecule has 1 fully saturated rings. The van der Waals surface area contributed by atoms with Crippen LogP contribution in [0, 0.1) is 12.7 Å². The first-order chi connectivity index (χ1) is 14.1. The summed E-state index contributed by atoms with van der Waals surface area (Å²) in [6.07, 6.45) is 2.05. The molecule has 1 N–H and O–H groups in total. The van der Waals surface area contributed by atoms with Crippen LogP contribution in [-0.2, 0) is 10.0 Å². The lowest BCUT2D eigenvalue weighted by molar-refractivity contribution is -0.0579. The molecule has 1 aromatic heterocycles. The number of hydrogen-bond acceptors (Lipinski definition) is 5. The van der Waals surface area contributed by atoms with Gasteiger partial charge in [0.2, 0.25) is 10.0 Å². The van der Waals surface area contributed by atoms with Crippen LogP contribution in [0.4, 0.5) is 13.2 Å². The van der Waals surface area contributed by atoms with Gasteiger partial charge in [-0.1, -0.05) is 13.3 Å². The molecule has 3 rings (SSSR count). The van der Waals surface area contributed by atoms with Crippen molar-refractivity contribution in [2.75, 3.05) is 6.61 Å². The zero-order chi connectivity index (χ0) is 21.9. The molecule has 1 heterocycles. The highest BCUT2D eigenvalue weighted by Gasteiger charge is 2.43. The zero-order valence-corrected chi connectivity index (χ0v) is 17.6. The molecule has 2 aromatic rings. The standard InChI is InChI=1S/C19H25F3N4O3S/c1-3-4-7-29-16-5-6-18(17(20)9-16)30(27,28)25-14-8-15(11-19(21,22)10-14)26-12-23-24-13(26)2/h5-6,9,12,14-15,25H,3-4,7-8,10-11H2,1-2H3/t14-,15+/m1/s1. The Morgan fingerprint density at radius 3 is 2.73 bits per heavy atom. The van der Waals surface area contributed by atoms with Gasteiger partial charge in [0.05, 0.1) is 6.61 Å². The second-order valence-corrected chi connectivity index (χ2v) is 9.23. The van der Waals surface area contributed by atoms with E-state index in [1.54, 1.807) is 6.92 Å². The Labute approximate surface area is 173 Å². The Balaban J connectivity index is 1.76. The Kier molecular flexibility index (Phi) is 6.71. The lowest BCUT2D eigenvalue weighted by atomic mass is 9.88. The Hall–Kier alpha value is -2.14. The molecule has 30 heavy (non-hydrogen) atoms. The van der Waals surface area contributed by atoms with Crippen molar-refractivity contribution in [1.82, 2.24) is 19.5 Å². The molecule has 11 heteroatoms. The molecule has 0 aliphatic heterocycles. The lowest BCUT2D eigenvalue weighted by Crippen LogP contribution is -2.45. The van der Waals surface area contributed by atoms with Crippen LogP contribution in [0.25, 0.3) is 0 Å². The van der Waals surface area contributed by atoms with Gasteiger partial charge in [-0.25, -0.2) is 26.3 Å². The van der Waals surface area contributed by atoms with Crippen molar-refractivity contribution >= 4 is 10.0 Å². The first-order valence-electron chi connectivity index (χ1n) is 9.80. The fraction of sp³-hybridized carbons (Fsp3) is 0.579. The lowest BCUT2D eigenvalue weighted by Gasteiger charge is -2.35. The number of rotatable bonds is 8. The average Bonchev–Trinajstić information content (AvgIpc) is 3.06. The van der Waals surface area contributed by atoms with Crippen LogP contribution in [0.15, 0.2) is 29.4 Å². The van der Waals surface area contributed by atoms with Crippen molar-refractivity contribution in [2.45, 2.75) is 68.9 Å². The Morgan fingerprint density at radius 1 is 1.33 bits per heavy atom. The molecule has 2 atom stereocenters. The maximum Gasteiger partial charge on any atom is 0.251 e. The molecule has 1 aliphatic rings. The van der Waals surface area contributed by atoms with Crippen molar-refractivity contribution in [3.8, 4) is 5.75 Å². The second-order valence-electron chi connectivity index (χ2n) is 7.55. The summed E-state index contributed by atoms with van der Waals surface area (Å²) in [5, 5.41) is 7.51. The maximum atomic E-state index is 14.4. The van der Waals surface area contributed by atoms with Crippen LogP contribution < -0.4 is 9.46 Å². The van der Waals surface area contributed by atoms with Gasteiger partial charge < -0.3 is 9.30 Å². The van der Waals surface area contributed by atoms with Gasteiger partial charge in [-0.3, -0.25) is 0 Å². The number of aryl methyl sites for hydroxylation is 1. The SMILES string of the molecule is CCCCOc1ccc(S(=O)(=O)N[C@@H]2C[C@H](n3cnnc3C)CC(F)(F)C2)c(F)c1. The Morgan fingerprint density at radius 2 is 2.10 bits per heavy atom. The van der Waals surface area contributed by atoms with Crippen LogP contribution in [0.3, 0.4) is 0 Å². The normalized spacial score (nSPS) is 21.5. The number of nitrogens with zero attached hydrogens (tertiary/aromatic N) is 3. The summed E-state index contributed by atoms with van der Waals surface area (Å²) in [5.74, 6) is -3.40.